The number of piperidine rings is 1. The molecule has 6 heteroatoms. The minimum absolute atomic E-state index is 0.0821. The Morgan fingerprint density at radius 3 is 2.79 bits per heavy atom. The SMILES string of the molecule is CN1C(=N)C[C@](C)(c2cc(-c3cc(C#N)ccc3F)cs2)CC1=O. The molecule has 2 heterocycles. The third-order valence-electron chi connectivity index (χ3n) is 4.48. The van der Waals surface area contributed by atoms with Gasteiger partial charge in [0.05, 0.1) is 11.6 Å². The van der Waals surface area contributed by atoms with E-state index in [1.807, 2.05) is 24.4 Å². The fourth-order valence-electron chi connectivity index (χ4n) is 2.94. The second kappa shape index (κ2) is 5.84. The molecule has 0 unspecified atom stereocenters. The summed E-state index contributed by atoms with van der Waals surface area (Å²) in [5.41, 5.74) is 1.03. The van der Waals surface area contributed by atoms with Crippen molar-refractivity contribution in [2.24, 2.45) is 0 Å². The fourth-order valence-corrected chi connectivity index (χ4v) is 4.01. The molecule has 4 nitrogen and oxygen atoms in total. The van der Waals surface area contributed by atoms with Crippen molar-refractivity contribution in [2.75, 3.05) is 7.05 Å². The van der Waals surface area contributed by atoms with Crippen LogP contribution in [0.25, 0.3) is 11.1 Å². The lowest BCUT2D eigenvalue weighted by Gasteiger charge is -2.36. The first-order valence-corrected chi connectivity index (χ1v) is 8.35. The van der Waals surface area contributed by atoms with Gasteiger partial charge in [0.2, 0.25) is 5.91 Å². The van der Waals surface area contributed by atoms with Crippen LogP contribution in [0, 0.1) is 22.6 Å². The number of nitrogens with zero attached hydrogens (tertiary/aromatic N) is 2. The van der Waals surface area contributed by atoms with Gasteiger partial charge in [0.1, 0.15) is 11.7 Å². The van der Waals surface area contributed by atoms with Gasteiger partial charge in [-0.2, -0.15) is 5.26 Å². The predicted molar refractivity (Wildman–Crippen MR) is 91.5 cm³/mol. The quantitative estimate of drug-likeness (QED) is 0.900. The van der Waals surface area contributed by atoms with Crippen molar-refractivity contribution in [3.05, 3.63) is 45.9 Å². The zero-order valence-corrected chi connectivity index (χ0v) is 14.2. The fraction of sp³-hybridized carbons (Fsp3) is 0.278. The van der Waals surface area contributed by atoms with Crippen molar-refractivity contribution >= 4 is 23.1 Å². The zero-order valence-electron chi connectivity index (χ0n) is 13.4. The summed E-state index contributed by atoms with van der Waals surface area (Å²) in [5.74, 6) is -0.168. The maximum absolute atomic E-state index is 14.1. The number of halogens is 1. The summed E-state index contributed by atoms with van der Waals surface area (Å²) < 4.78 is 14.1. The highest BCUT2D eigenvalue weighted by Gasteiger charge is 2.39. The number of rotatable bonds is 2. The van der Waals surface area contributed by atoms with E-state index in [0.29, 0.717) is 35.4 Å². The van der Waals surface area contributed by atoms with Gasteiger partial charge in [-0.3, -0.25) is 10.2 Å². The Labute approximate surface area is 143 Å². The van der Waals surface area contributed by atoms with Crippen LogP contribution in [0.2, 0.25) is 0 Å². The molecule has 0 radical (unpaired) electrons. The van der Waals surface area contributed by atoms with Gasteiger partial charge in [0.15, 0.2) is 0 Å². The number of amidine groups is 1. The molecule has 0 aliphatic carbocycles. The molecule has 122 valence electrons. The molecule has 24 heavy (non-hydrogen) atoms. The van der Waals surface area contributed by atoms with Crippen molar-refractivity contribution in [3.8, 4) is 17.2 Å². The topological polar surface area (TPSA) is 68.0 Å². The summed E-state index contributed by atoms with van der Waals surface area (Å²) >= 11 is 1.46. The van der Waals surface area contributed by atoms with Gasteiger partial charge in [0.25, 0.3) is 0 Å². The average molecular weight is 341 g/mol. The third-order valence-corrected chi connectivity index (χ3v) is 5.72. The Balaban J connectivity index is 1.98. The van der Waals surface area contributed by atoms with Crippen molar-refractivity contribution in [1.82, 2.24) is 4.90 Å². The number of carbonyl (C=O) groups excluding carboxylic acids is 1. The Bertz CT molecular complexity index is 863. The van der Waals surface area contributed by atoms with Crippen LogP contribution in [0.3, 0.4) is 0 Å². The lowest BCUT2D eigenvalue weighted by atomic mass is 9.78. The predicted octanol–water partition coefficient (Wildman–Crippen LogP) is 3.91. The first-order valence-electron chi connectivity index (χ1n) is 7.47. The smallest absolute Gasteiger partial charge is 0.228 e. The van der Waals surface area contributed by atoms with Crippen molar-refractivity contribution in [2.45, 2.75) is 25.2 Å². The number of amides is 1. The van der Waals surface area contributed by atoms with Gasteiger partial charge in [-0.1, -0.05) is 6.92 Å². The number of hydrogen-bond acceptors (Lipinski definition) is 4. The van der Waals surface area contributed by atoms with E-state index in [1.165, 1.54) is 34.4 Å². The van der Waals surface area contributed by atoms with E-state index in [4.69, 9.17) is 10.7 Å². The Morgan fingerprint density at radius 1 is 1.38 bits per heavy atom. The van der Waals surface area contributed by atoms with Gasteiger partial charge in [-0.05, 0) is 35.2 Å². The molecule has 0 saturated carbocycles. The molecular weight excluding hydrogens is 325 g/mol. The molecule has 3 rings (SSSR count). The van der Waals surface area contributed by atoms with E-state index in [1.54, 1.807) is 7.05 Å². The third kappa shape index (κ3) is 2.72. The van der Waals surface area contributed by atoms with E-state index in [2.05, 4.69) is 0 Å². The van der Waals surface area contributed by atoms with E-state index in [-0.39, 0.29) is 11.7 Å². The lowest BCUT2D eigenvalue weighted by molar-refractivity contribution is -0.128. The molecule has 1 aliphatic rings. The van der Waals surface area contributed by atoms with Gasteiger partial charge in [-0.25, -0.2) is 4.39 Å². The zero-order chi connectivity index (χ0) is 17.5. The van der Waals surface area contributed by atoms with Crippen LogP contribution in [0.5, 0.6) is 0 Å². The normalized spacial score (nSPS) is 21.0. The lowest BCUT2D eigenvalue weighted by Crippen LogP contribution is -2.46. The molecule has 1 atom stereocenters. The van der Waals surface area contributed by atoms with Crippen LogP contribution in [-0.4, -0.2) is 23.7 Å². The van der Waals surface area contributed by atoms with Crippen molar-refractivity contribution in [1.29, 1.82) is 10.7 Å². The molecule has 0 bridgehead atoms. The van der Waals surface area contributed by atoms with Crippen molar-refractivity contribution in [3.63, 3.8) is 0 Å². The molecule has 0 spiro atoms. The highest BCUT2D eigenvalue weighted by atomic mass is 32.1. The maximum atomic E-state index is 14.1. The molecule has 1 aliphatic heterocycles. The number of likely N-dealkylation sites (tertiary alicyclic amines) is 1. The standard InChI is InChI=1S/C18H16FN3OS/c1-18(7-16(21)22(2)17(23)8-18)15-6-12(10-24-15)13-5-11(9-20)3-4-14(13)19/h3-6,10,21H,7-8H2,1-2H3/t18-/m0/s1. The van der Waals surface area contributed by atoms with Gasteiger partial charge in [0, 0.05) is 35.7 Å². The van der Waals surface area contributed by atoms with Crippen LogP contribution in [0.4, 0.5) is 4.39 Å². The molecular formula is C18H16FN3OS. The monoisotopic (exact) mass is 341 g/mol. The minimum atomic E-state index is -0.451. The van der Waals surface area contributed by atoms with E-state index >= 15 is 0 Å². The number of nitrogens with one attached hydrogen (secondary N) is 1. The number of thiophene rings is 1. The largest absolute Gasteiger partial charge is 0.304 e. The summed E-state index contributed by atoms with van der Waals surface area (Å²) in [6, 6.07) is 8.16. The molecule has 1 aromatic carbocycles. The number of nitriles is 1. The van der Waals surface area contributed by atoms with Crippen molar-refractivity contribution < 1.29 is 9.18 Å². The molecule has 1 N–H and O–H groups in total. The first kappa shape index (κ1) is 16.3. The molecule has 1 amide bonds. The second-order valence-electron chi connectivity index (χ2n) is 6.32. The molecule has 1 aromatic heterocycles. The highest BCUT2D eigenvalue weighted by Crippen LogP contribution is 2.41. The summed E-state index contributed by atoms with van der Waals surface area (Å²) in [6.07, 6.45) is 0.794. The average Bonchev–Trinajstić information content (AvgIpc) is 3.03. The van der Waals surface area contributed by atoms with Crippen LogP contribution in [0.15, 0.2) is 29.6 Å². The Hall–Kier alpha value is -2.52. The Morgan fingerprint density at radius 2 is 2.12 bits per heavy atom. The maximum Gasteiger partial charge on any atom is 0.228 e. The molecule has 1 fully saturated rings. The number of hydrogen-bond donors (Lipinski definition) is 1. The van der Waals surface area contributed by atoms with Crippen LogP contribution >= 0.6 is 11.3 Å². The summed E-state index contributed by atoms with van der Waals surface area (Å²) in [6.45, 7) is 1.96. The minimum Gasteiger partial charge on any atom is -0.304 e. The Kier molecular flexibility index (Phi) is 3.98. The van der Waals surface area contributed by atoms with Gasteiger partial charge in [-0.15, -0.1) is 11.3 Å². The summed E-state index contributed by atoms with van der Waals surface area (Å²) in [5, 5.41) is 18.8. The van der Waals surface area contributed by atoms with E-state index in [0.717, 1.165) is 4.88 Å². The van der Waals surface area contributed by atoms with Crippen LogP contribution in [-0.2, 0) is 10.2 Å². The van der Waals surface area contributed by atoms with E-state index in [9.17, 15) is 9.18 Å². The number of benzene rings is 1. The second-order valence-corrected chi connectivity index (χ2v) is 7.23. The highest BCUT2D eigenvalue weighted by molar-refractivity contribution is 7.10. The van der Waals surface area contributed by atoms with Crippen LogP contribution in [0.1, 0.15) is 30.2 Å². The number of carbonyl (C=O) groups is 1. The van der Waals surface area contributed by atoms with Gasteiger partial charge >= 0.3 is 0 Å². The van der Waals surface area contributed by atoms with Gasteiger partial charge < -0.3 is 4.90 Å². The van der Waals surface area contributed by atoms with Crippen LogP contribution < -0.4 is 0 Å². The molecule has 1 saturated heterocycles. The van der Waals surface area contributed by atoms with E-state index < -0.39 is 5.41 Å². The molecule has 2 aromatic rings. The first-order chi connectivity index (χ1) is 11.3. The summed E-state index contributed by atoms with van der Waals surface area (Å²) in [7, 11) is 1.62. The summed E-state index contributed by atoms with van der Waals surface area (Å²) in [4.78, 5) is 14.4.